The molecule has 0 radical (unpaired) electrons. The van der Waals surface area contributed by atoms with Gasteiger partial charge >= 0.3 is 6.09 Å². The van der Waals surface area contributed by atoms with Crippen LogP contribution in [0.25, 0.3) is 9.88 Å². The van der Waals surface area contributed by atoms with Crippen molar-refractivity contribution >= 4 is 34.7 Å². The summed E-state index contributed by atoms with van der Waals surface area (Å²) in [6.07, 6.45) is 0.0459. The molecule has 1 N–H and O–H groups in total. The summed E-state index contributed by atoms with van der Waals surface area (Å²) in [5, 5.41) is 7.91. The van der Waals surface area contributed by atoms with E-state index >= 15 is 0 Å². The van der Waals surface area contributed by atoms with Crippen LogP contribution in [0, 0.1) is 0 Å². The van der Waals surface area contributed by atoms with E-state index in [2.05, 4.69) is 15.2 Å². The molecule has 0 aliphatic carbocycles. The topological polar surface area (TPSA) is 74.8 Å². The fraction of sp³-hybridized carbons (Fsp3) is 0.550. The van der Waals surface area contributed by atoms with E-state index in [0.29, 0.717) is 26.1 Å². The Morgan fingerprint density at radius 1 is 1.21 bits per heavy atom. The van der Waals surface area contributed by atoms with Crippen molar-refractivity contribution in [2.75, 3.05) is 39.3 Å². The molecule has 2 aromatic rings. The van der Waals surface area contributed by atoms with E-state index in [0.717, 1.165) is 35.2 Å². The SMILES string of the molecule is CC(C)(C)OC(=O)N1CCN(CCNC(=O)Cc2csc(-c3cccs3)n2)CC1. The van der Waals surface area contributed by atoms with Crippen LogP contribution in [-0.2, 0) is 16.0 Å². The number of rotatable bonds is 6. The number of nitrogens with zero attached hydrogens (tertiary/aromatic N) is 3. The number of piperazine rings is 1. The zero-order chi connectivity index (χ0) is 20.9. The lowest BCUT2D eigenvalue weighted by atomic mass is 10.2. The molecule has 2 aromatic heterocycles. The normalized spacial score (nSPS) is 15.3. The van der Waals surface area contributed by atoms with Gasteiger partial charge in [0.15, 0.2) is 0 Å². The Kier molecular flexibility index (Phi) is 7.26. The minimum atomic E-state index is -0.472. The van der Waals surface area contributed by atoms with Crippen LogP contribution in [0.4, 0.5) is 4.79 Å². The van der Waals surface area contributed by atoms with Gasteiger partial charge in [-0.15, -0.1) is 22.7 Å². The second kappa shape index (κ2) is 9.69. The molecule has 29 heavy (non-hydrogen) atoms. The molecular formula is C20H28N4O3S2. The van der Waals surface area contributed by atoms with Gasteiger partial charge in [0.05, 0.1) is 17.0 Å². The van der Waals surface area contributed by atoms with Crippen LogP contribution in [0.1, 0.15) is 26.5 Å². The van der Waals surface area contributed by atoms with Crippen molar-refractivity contribution in [2.24, 2.45) is 0 Å². The van der Waals surface area contributed by atoms with Gasteiger partial charge in [-0.2, -0.15) is 0 Å². The fourth-order valence-electron chi connectivity index (χ4n) is 2.96. The zero-order valence-electron chi connectivity index (χ0n) is 17.1. The highest BCUT2D eigenvalue weighted by atomic mass is 32.1. The molecule has 1 saturated heterocycles. The van der Waals surface area contributed by atoms with E-state index in [1.807, 2.05) is 43.7 Å². The van der Waals surface area contributed by atoms with E-state index in [1.165, 1.54) is 0 Å². The molecule has 0 atom stereocenters. The summed E-state index contributed by atoms with van der Waals surface area (Å²) < 4.78 is 5.41. The van der Waals surface area contributed by atoms with Crippen molar-refractivity contribution in [1.82, 2.24) is 20.1 Å². The Morgan fingerprint density at radius 3 is 2.62 bits per heavy atom. The van der Waals surface area contributed by atoms with Crippen LogP contribution in [0.2, 0.25) is 0 Å². The van der Waals surface area contributed by atoms with Crippen LogP contribution < -0.4 is 5.32 Å². The van der Waals surface area contributed by atoms with Crippen molar-refractivity contribution < 1.29 is 14.3 Å². The summed E-state index contributed by atoms with van der Waals surface area (Å²) in [6, 6.07) is 4.04. The van der Waals surface area contributed by atoms with Gasteiger partial charge in [0.25, 0.3) is 0 Å². The Bertz CT molecular complexity index is 806. The van der Waals surface area contributed by atoms with E-state index < -0.39 is 5.60 Å². The lowest BCUT2D eigenvalue weighted by Crippen LogP contribution is -2.51. The number of aromatic nitrogens is 1. The second-order valence-corrected chi connectivity index (χ2v) is 9.76. The van der Waals surface area contributed by atoms with Crippen LogP contribution in [0.5, 0.6) is 0 Å². The van der Waals surface area contributed by atoms with Gasteiger partial charge in [-0.3, -0.25) is 9.69 Å². The number of thiazole rings is 1. The molecule has 3 heterocycles. The first-order valence-corrected chi connectivity index (χ1v) is 11.5. The van der Waals surface area contributed by atoms with E-state index in [9.17, 15) is 9.59 Å². The Hall–Kier alpha value is -1.97. The number of carbonyl (C=O) groups is 2. The van der Waals surface area contributed by atoms with Gasteiger partial charge in [0, 0.05) is 44.6 Å². The van der Waals surface area contributed by atoms with Crippen molar-refractivity contribution in [3.63, 3.8) is 0 Å². The predicted molar refractivity (Wildman–Crippen MR) is 116 cm³/mol. The third-order valence-electron chi connectivity index (χ3n) is 4.40. The van der Waals surface area contributed by atoms with Gasteiger partial charge in [-0.25, -0.2) is 9.78 Å². The maximum atomic E-state index is 12.2. The highest BCUT2D eigenvalue weighted by molar-refractivity contribution is 7.20. The second-order valence-electron chi connectivity index (χ2n) is 7.96. The molecular weight excluding hydrogens is 408 g/mol. The number of hydrogen-bond donors (Lipinski definition) is 1. The van der Waals surface area contributed by atoms with Crippen molar-refractivity contribution in [1.29, 1.82) is 0 Å². The van der Waals surface area contributed by atoms with Gasteiger partial charge in [0.2, 0.25) is 5.91 Å². The van der Waals surface area contributed by atoms with Crippen LogP contribution in [-0.4, -0.2) is 71.7 Å². The van der Waals surface area contributed by atoms with Crippen LogP contribution in [0.15, 0.2) is 22.9 Å². The highest BCUT2D eigenvalue weighted by Crippen LogP contribution is 2.27. The van der Waals surface area contributed by atoms with Crippen molar-refractivity contribution in [3.05, 3.63) is 28.6 Å². The van der Waals surface area contributed by atoms with E-state index in [-0.39, 0.29) is 12.0 Å². The third-order valence-corrected chi connectivity index (χ3v) is 6.33. The summed E-state index contributed by atoms with van der Waals surface area (Å²) in [6.45, 7) is 9.84. The number of carbonyl (C=O) groups excluding carboxylic acids is 2. The quantitative estimate of drug-likeness (QED) is 0.753. The van der Waals surface area contributed by atoms with Gasteiger partial charge in [-0.1, -0.05) is 6.07 Å². The van der Waals surface area contributed by atoms with Crippen LogP contribution >= 0.6 is 22.7 Å². The average Bonchev–Trinajstić information content (AvgIpc) is 3.32. The van der Waals surface area contributed by atoms with Crippen molar-refractivity contribution in [3.8, 4) is 9.88 Å². The smallest absolute Gasteiger partial charge is 0.410 e. The third kappa shape index (κ3) is 6.80. The number of thiophene rings is 1. The maximum absolute atomic E-state index is 12.2. The average molecular weight is 437 g/mol. The zero-order valence-corrected chi connectivity index (χ0v) is 18.8. The molecule has 2 amide bonds. The first-order chi connectivity index (χ1) is 13.8. The first-order valence-electron chi connectivity index (χ1n) is 9.75. The standard InChI is InChI=1S/C20H28N4O3S2/c1-20(2,3)27-19(26)24-10-8-23(9-11-24)7-6-21-17(25)13-15-14-29-18(22-15)16-5-4-12-28-16/h4-5,12,14H,6-11,13H2,1-3H3,(H,21,25). The Labute approximate surface area is 179 Å². The number of nitrogens with one attached hydrogen (secondary N) is 1. The number of amides is 2. The molecule has 7 nitrogen and oxygen atoms in total. The lowest BCUT2D eigenvalue weighted by Gasteiger charge is -2.35. The Balaban J connectivity index is 1.33. The van der Waals surface area contributed by atoms with Crippen LogP contribution in [0.3, 0.4) is 0 Å². The number of hydrogen-bond acceptors (Lipinski definition) is 7. The molecule has 0 unspecified atom stereocenters. The molecule has 0 aromatic carbocycles. The van der Waals surface area contributed by atoms with Gasteiger partial charge in [0.1, 0.15) is 10.6 Å². The molecule has 1 aliphatic rings. The van der Waals surface area contributed by atoms with Crippen molar-refractivity contribution in [2.45, 2.75) is 32.8 Å². The molecule has 158 valence electrons. The van der Waals surface area contributed by atoms with Gasteiger partial charge in [-0.05, 0) is 32.2 Å². The Morgan fingerprint density at radius 2 is 1.97 bits per heavy atom. The first kappa shape index (κ1) is 21.7. The minimum Gasteiger partial charge on any atom is -0.444 e. The number of ether oxygens (including phenoxy) is 1. The molecule has 9 heteroatoms. The van der Waals surface area contributed by atoms with Gasteiger partial charge < -0.3 is 15.0 Å². The molecule has 1 aliphatic heterocycles. The largest absolute Gasteiger partial charge is 0.444 e. The molecule has 0 saturated carbocycles. The fourth-order valence-corrected chi connectivity index (χ4v) is 4.60. The summed E-state index contributed by atoms with van der Waals surface area (Å²) >= 11 is 3.22. The summed E-state index contributed by atoms with van der Waals surface area (Å²) in [5.41, 5.74) is 0.335. The summed E-state index contributed by atoms with van der Waals surface area (Å²) in [7, 11) is 0. The lowest BCUT2D eigenvalue weighted by molar-refractivity contribution is -0.120. The maximum Gasteiger partial charge on any atom is 0.410 e. The van der Waals surface area contributed by atoms with E-state index in [1.54, 1.807) is 27.6 Å². The van der Waals surface area contributed by atoms with E-state index in [4.69, 9.17) is 4.74 Å². The molecule has 0 bridgehead atoms. The molecule has 3 rings (SSSR count). The molecule has 0 spiro atoms. The summed E-state index contributed by atoms with van der Waals surface area (Å²) in [5.74, 6) is -0.0135. The highest BCUT2D eigenvalue weighted by Gasteiger charge is 2.25. The summed E-state index contributed by atoms with van der Waals surface area (Å²) in [4.78, 5) is 34.0. The monoisotopic (exact) mass is 436 g/mol. The predicted octanol–water partition coefficient (Wildman–Crippen LogP) is 3.08. The molecule has 1 fully saturated rings. The minimum absolute atomic E-state index is 0.0135.